The van der Waals surface area contributed by atoms with Crippen LogP contribution < -0.4 is 16.0 Å². The van der Waals surface area contributed by atoms with Crippen molar-refractivity contribution in [1.82, 2.24) is 15.1 Å². The molecule has 0 bridgehead atoms. The van der Waals surface area contributed by atoms with E-state index in [0.717, 1.165) is 26.2 Å². The molecule has 102 valence electrons. The molecule has 3 N–H and O–H groups in total. The van der Waals surface area contributed by atoms with Crippen LogP contribution in [0.5, 0.6) is 0 Å². The molecule has 1 aromatic heterocycles. The molecule has 0 saturated carbocycles. The Morgan fingerprint density at radius 1 is 1.39 bits per heavy atom. The highest BCUT2D eigenvalue weighted by molar-refractivity contribution is 7.91. The predicted molar refractivity (Wildman–Crippen MR) is 70.5 cm³/mol. The standard InChI is InChI=1S/C10H19N5O2S/c1-3-15-9(11)8(18(2,16)17)10(13-15)14-6-4-12-5-7-14/h12H,3-7,11H2,1-2H3. The van der Waals surface area contributed by atoms with Gasteiger partial charge in [0.15, 0.2) is 20.6 Å². The van der Waals surface area contributed by atoms with Crippen molar-refractivity contribution >= 4 is 21.5 Å². The number of hydrogen-bond donors (Lipinski definition) is 2. The number of hydrogen-bond acceptors (Lipinski definition) is 6. The fraction of sp³-hybridized carbons (Fsp3) is 0.700. The molecule has 0 atom stereocenters. The van der Waals surface area contributed by atoms with Crippen LogP contribution in [0.1, 0.15) is 6.92 Å². The summed E-state index contributed by atoms with van der Waals surface area (Å²) in [6.07, 6.45) is 1.17. The van der Waals surface area contributed by atoms with Gasteiger partial charge in [-0.2, -0.15) is 5.10 Å². The molecule has 0 amide bonds. The SMILES string of the molecule is CCn1nc(N2CCNCC2)c(S(C)(=O)=O)c1N. The molecule has 0 unspecified atom stereocenters. The monoisotopic (exact) mass is 273 g/mol. The summed E-state index contributed by atoms with van der Waals surface area (Å²) in [6.45, 7) is 5.56. The number of sulfone groups is 1. The molecule has 2 heterocycles. The molecule has 1 aliphatic rings. The minimum Gasteiger partial charge on any atom is -0.383 e. The highest BCUT2D eigenvalue weighted by atomic mass is 32.2. The summed E-state index contributed by atoms with van der Waals surface area (Å²) in [5, 5.41) is 7.55. The van der Waals surface area contributed by atoms with E-state index in [1.807, 2.05) is 11.8 Å². The lowest BCUT2D eigenvalue weighted by molar-refractivity contribution is 0.573. The molecule has 8 heteroatoms. The van der Waals surface area contributed by atoms with Gasteiger partial charge in [-0.3, -0.25) is 0 Å². The van der Waals surface area contributed by atoms with Crippen molar-refractivity contribution in [1.29, 1.82) is 0 Å². The van der Waals surface area contributed by atoms with Gasteiger partial charge in [-0.1, -0.05) is 0 Å². The third-order valence-corrected chi connectivity index (χ3v) is 4.15. The Kier molecular flexibility index (Phi) is 3.49. The molecule has 1 saturated heterocycles. The van der Waals surface area contributed by atoms with Crippen molar-refractivity contribution in [2.75, 3.05) is 43.1 Å². The molecule has 1 aromatic rings. The summed E-state index contributed by atoms with van der Waals surface area (Å²) in [6, 6.07) is 0. The average Bonchev–Trinajstić information content (AvgIpc) is 2.67. The number of aromatic nitrogens is 2. The Balaban J connectivity index is 2.51. The van der Waals surface area contributed by atoms with Crippen LogP contribution in [0.2, 0.25) is 0 Å². The van der Waals surface area contributed by atoms with Gasteiger partial charge < -0.3 is 16.0 Å². The summed E-state index contributed by atoms with van der Waals surface area (Å²) >= 11 is 0. The average molecular weight is 273 g/mol. The van der Waals surface area contributed by atoms with Crippen LogP contribution >= 0.6 is 0 Å². The first-order valence-corrected chi connectivity index (χ1v) is 7.86. The van der Waals surface area contributed by atoms with Crippen LogP contribution in [0.25, 0.3) is 0 Å². The Morgan fingerprint density at radius 2 is 2.00 bits per heavy atom. The molecule has 1 fully saturated rings. The van der Waals surface area contributed by atoms with Gasteiger partial charge in [0.05, 0.1) is 0 Å². The third kappa shape index (κ3) is 2.30. The van der Waals surface area contributed by atoms with E-state index in [0.29, 0.717) is 12.4 Å². The molecule has 7 nitrogen and oxygen atoms in total. The third-order valence-electron chi connectivity index (χ3n) is 3.02. The van der Waals surface area contributed by atoms with Gasteiger partial charge >= 0.3 is 0 Å². The molecule has 0 aliphatic carbocycles. The maximum absolute atomic E-state index is 11.9. The van der Waals surface area contributed by atoms with E-state index < -0.39 is 9.84 Å². The van der Waals surface area contributed by atoms with Crippen LogP contribution in [-0.2, 0) is 16.4 Å². The Morgan fingerprint density at radius 3 is 2.50 bits per heavy atom. The first kappa shape index (κ1) is 13.2. The summed E-state index contributed by atoms with van der Waals surface area (Å²) < 4.78 is 25.3. The molecule has 2 rings (SSSR count). The number of piperazine rings is 1. The zero-order chi connectivity index (χ0) is 13.3. The molecule has 0 radical (unpaired) electrons. The van der Waals surface area contributed by atoms with Crippen molar-refractivity contribution in [3.05, 3.63) is 0 Å². The minimum absolute atomic E-state index is 0.159. The van der Waals surface area contributed by atoms with E-state index in [2.05, 4.69) is 10.4 Å². The maximum Gasteiger partial charge on any atom is 0.182 e. The van der Waals surface area contributed by atoms with Crippen LogP contribution in [0.4, 0.5) is 11.6 Å². The van der Waals surface area contributed by atoms with Gasteiger partial charge in [0.1, 0.15) is 5.82 Å². The van der Waals surface area contributed by atoms with Crippen molar-refractivity contribution in [2.45, 2.75) is 18.4 Å². The highest BCUT2D eigenvalue weighted by Crippen LogP contribution is 2.30. The smallest absolute Gasteiger partial charge is 0.182 e. The van der Waals surface area contributed by atoms with Crippen LogP contribution in [0, 0.1) is 0 Å². The Bertz CT molecular complexity index is 531. The lowest BCUT2D eigenvalue weighted by Crippen LogP contribution is -2.44. The van der Waals surface area contributed by atoms with Gasteiger partial charge in [-0.25, -0.2) is 13.1 Å². The number of nitrogen functional groups attached to an aromatic ring is 1. The maximum atomic E-state index is 11.9. The largest absolute Gasteiger partial charge is 0.383 e. The van der Waals surface area contributed by atoms with Crippen molar-refractivity contribution in [3.8, 4) is 0 Å². The van der Waals surface area contributed by atoms with E-state index >= 15 is 0 Å². The van der Waals surface area contributed by atoms with Crippen molar-refractivity contribution < 1.29 is 8.42 Å². The van der Waals surface area contributed by atoms with E-state index in [-0.39, 0.29) is 10.7 Å². The fourth-order valence-corrected chi connectivity index (χ4v) is 3.11. The van der Waals surface area contributed by atoms with E-state index in [1.54, 1.807) is 0 Å². The van der Waals surface area contributed by atoms with Crippen LogP contribution in [0.15, 0.2) is 4.90 Å². The molecular weight excluding hydrogens is 254 g/mol. The number of nitrogens with zero attached hydrogens (tertiary/aromatic N) is 3. The normalized spacial score (nSPS) is 17.1. The Hall–Kier alpha value is -1.28. The summed E-state index contributed by atoms with van der Waals surface area (Å²) in [5.41, 5.74) is 5.89. The van der Waals surface area contributed by atoms with E-state index in [4.69, 9.17) is 5.73 Å². The summed E-state index contributed by atoms with van der Waals surface area (Å²) in [7, 11) is -3.37. The topological polar surface area (TPSA) is 93.2 Å². The molecule has 0 aromatic carbocycles. The zero-order valence-corrected chi connectivity index (χ0v) is 11.5. The first-order chi connectivity index (χ1) is 8.45. The quantitative estimate of drug-likeness (QED) is 0.756. The summed E-state index contributed by atoms with van der Waals surface area (Å²) in [4.78, 5) is 2.13. The fourth-order valence-electron chi connectivity index (χ4n) is 2.13. The van der Waals surface area contributed by atoms with Crippen LogP contribution in [-0.4, -0.2) is 50.6 Å². The number of rotatable bonds is 3. The van der Waals surface area contributed by atoms with Gasteiger partial charge in [-0.05, 0) is 6.92 Å². The van der Waals surface area contributed by atoms with Crippen molar-refractivity contribution in [2.24, 2.45) is 0 Å². The van der Waals surface area contributed by atoms with Crippen molar-refractivity contribution in [3.63, 3.8) is 0 Å². The molecule has 1 aliphatic heterocycles. The molecular formula is C10H19N5O2S. The van der Waals surface area contributed by atoms with E-state index in [1.165, 1.54) is 10.9 Å². The zero-order valence-electron chi connectivity index (χ0n) is 10.7. The second-order valence-electron chi connectivity index (χ2n) is 4.36. The van der Waals surface area contributed by atoms with Crippen LogP contribution in [0.3, 0.4) is 0 Å². The molecule has 0 spiro atoms. The number of nitrogens with one attached hydrogen (secondary N) is 1. The second kappa shape index (κ2) is 4.77. The number of nitrogens with two attached hydrogens (primary N) is 1. The highest BCUT2D eigenvalue weighted by Gasteiger charge is 2.27. The molecule has 18 heavy (non-hydrogen) atoms. The van der Waals surface area contributed by atoms with Gasteiger partial charge in [0.25, 0.3) is 0 Å². The predicted octanol–water partition coefficient (Wildman–Crippen LogP) is -0.702. The number of anilines is 2. The number of aryl methyl sites for hydroxylation is 1. The second-order valence-corrected chi connectivity index (χ2v) is 6.32. The van der Waals surface area contributed by atoms with Gasteiger partial charge in [0.2, 0.25) is 0 Å². The Labute approximate surface area is 107 Å². The summed E-state index contributed by atoms with van der Waals surface area (Å²) in [5.74, 6) is 0.715. The first-order valence-electron chi connectivity index (χ1n) is 5.97. The van der Waals surface area contributed by atoms with Gasteiger partial charge in [-0.15, -0.1) is 0 Å². The van der Waals surface area contributed by atoms with E-state index in [9.17, 15) is 8.42 Å². The lowest BCUT2D eigenvalue weighted by Gasteiger charge is -2.27. The van der Waals surface area contributed by atoms with Gasteiger partial charge in [0, 0.05) is 39.0 Å². The lowest BCUT2D eigenvalue weighted by atomic mass is 10.3. The minimum atomic E-state index is -3.37.